The van der Waals surface area contributed by atoms with Crippen LogP contribution in [-0.4, -0.2) is 263 Å². The van der Waals surface area contributed by atoms with Gasteiger partial charge in [-0.25, -0.2) is 43.9 Å². The molecule has 112 heavy (non-hydrogen) atoms. The number of rotatable bonds is 16. The first-order valence-electron chi connectivity index (χ1n) is 32.4. The van der Waals surface area contributed by atoms with Gasteiger partial charge in [0.15, 0.2) is 11.6 Å². The van der Waals surface area contributed by atoms with Crippen molar-refractivity contribution in [3.8, 4) is 6.07 Å². The third-order valence-electron chi connectivity index (χ3n) is 16.1. The first kappa shape index (κ1) is 123. The number of ketones is 2. The van der Waals surface area contributed by atoms with Crippen molar-refractivity contribution in [3.05, 3.63) is 59.3 Å². The predicted molar refractivity (Wildman–Crippen MR) is 430 cm³/mol. The molecular weight excluding hydrogens is 1460 g/mol. The van der Waals surface area contributed by atoms with Crippen molar-refractivity contribution in [2.24, 2.45) is 5.73 Å². The minimum atomic E-state index is -1.23. The van der Waals surface area contributed by atoms with E-state index in [0.717, 1.165) is 28.4 Å². The second-order valence-corrected chi connectivity index (χ2v) is 27.5. The van der Waals surface area contributed by atoms with E-state index in [1.165, 1.54) is 106 Å². The number of hydrogen-bond acceptors (Lipinski definition) is 30. The molecule has 0 bridgehead atoms. The number of nitriles is 1. The van der Waals surface area contributed by atoms with Crippen molar-refractivity contribution in [2.75, 3.05) is 104 Å². The molecule has 2 fully saturated rings. The van der Waals surface area contributed by atoms with Gasteiger partial charge in [0, 0.05) is 95.0 Å². The van der Waals surface area contributed by atoms with Crippen LogP contribution in [0, 0.1) is 11.3 Å². The second-order valence-electron chi connectivity index (χ2n) is 27.5. The summed E-state index contributed by atoms with van der Waals surface area (Å²) >= 11 is 0. The molecular formula is C76H144N14O22. The molecule has 0 aliphatic carbocycles. The highest BCUT2D eigenvalue weighted by Crippen LogP contribution is 2.37. The van der Waals surface area contributed by atoms with Crippen LogP contribution in [0.1, 0.15) is 218 Å². The number of aliphatic carboxylic acids is 2. The number of esters is 4. The Morgan fingerprint density at radius 2 is 1.01 bits per heavy atom. The molecule has 0 atom stereocenters. The fraction of sp³-hybridized carbons (Fsp3) is 0.697. The molecule has 4 aliphatic rings. The molecule has 4 amide bonds. The van der Waals surface area contributed by atoms with Crippen molar-refractivity contribution in [1.82, 2.24) is 60.4 Å². The smallest absolute Gasteiger partial charge is 0.410 e. The van der Waals surface area contributed by atoms with Crippen LogP contribution >= 0.6 is 0 Å². The summed E-state index contributed by atoms with van der Waals surface area (Å²) in [6.45, 7) is 30.4. The van der Waals surface area contributed by atoms with E-state index in [4.69, 9.17) is 25.9 Å². The number of fused-ring (bicyclic) bond motifs is 2. The van der Waals surface area contributed by atoms with Crippen LogP contribution < -0.4 is 21.7 Å². The van der Waals surface area contributed by atoms with Gasteiger partial charge in [-0.3, -0.25) is 53.2 Å². The zero-order chi connectivity index (χ0) is 81.3. The van der Waals surface area contributed by atoms with Crippen LogP contribution in [0.25, 0.3) is 0 Å². The molecule has 650 valence electrons. The van der Waals surface area contributed by atoms with Gasteiger partial charge >= 0.3 is 60.2 Å². The van der Waals surface area contributed by atoms with E-state index >= 15 is 0 Å². The Kier molecular flexibility index (Phi) is 60.3. The molecule has 2 aromatic rings. The lowest BCUT2D eigenvalue weighted by Crippen LogP contribution is -2.54. The first-order valence-corrected chi connectivity index (χ1v) is 32.4. The Hall–Kier alpha value is -9.73. The number of hydrogen-bond donors (Lipinski definition) is 6. The number of nitrogens with two attached hydrogens (primary N) is 1. The number of aromatic nitrogens is 4. The Labute approximate surface area is 668 Å². The molecule has 0 spiro atoms. The quantitative estimate of drug-likeness (QED) is 0.0394. The van der Waals surface area contributed by atoms with Crippen molar-refractivity contribution >= 4 is 71.8 Å². The van der Waals surface area contributed by atoms with E-state index in [-0.39, 0.29) is 114 Å². The summed E-state index contributed by atoms with van der Waals surface area (Å²) in [5.74, 6) is -3.58. The van der Waals surface area contributed by atoms with Gasteiger partial charge in [-0.05, 0) is 111 Å². The zero-order valence-corrected chi connectivity index (χ0v) is 65.3. The number of carboxylic acid groups (broad SMARTS) is 2. The number of carbonyl (C=O) groups excluding carboxylic acids is 10. The highest BCUT2D eigenvalue weighted by Gasteiger charge is 2.48. The lowest BCUT2D eigenvalue weighted by Gasteiger charge is -2.34. The number of likely N-dealkylation sites (tertiary alicyclic amines) is 2. The minimum absolute atomic E-state index is 0. The zero-order valence-electron chi connectivity index (χ0n) is 65.3. The molecule has 0 saturated carbocycles. The summed E-state index contributed by atoms with van der Waals surface area (Å²) in [6.07, 6.45) is 7.49. The van der Waals surface area contributed by atoms with Gasteiger partial charge in [0.2, 0.25) is 0 Å². The maximum Gasteiger partial charge on any atom is 0.410 e. The number of ether oxygens (including phenoxy) is 8. The number of amides is 4. The number of carbonyl (C=O) groups is 12. The Balaban J connectivity index is -0.000000133. The summed E-state index contributed by atoms with van der Waals surface area (Å²) in [5, 5.41) is 33.9. The highest BCUT2D eigenvalue weighted by molar-refractivity contribution is 6.07. The van der Waals surface area contributed by atoms with Crippen LogP contribution in [0.2, 0.25) is 0 Å². The molecule has 0 aromatic carbocycles. The maximum atomic E-state index is 12.0. The molecule has 7 N–H and O–H groups in total. The largest absolute Gasteiger partial charge is 0.480 e. The van der Waals surface area contributed by atoms with Gasteiger partial charge < -0.3 is 74.7 Å². The Morgan fingerprint density at radius 3 is 1.38 bits per heavy atom. The van der Waals surface area contributed by atoms with E-state index in [9.17, 15) is 57.5 Å². The Bertz CT molecular complexity index is 3320. The second kappa shape index (κ2) is 54.8. The number of nitrogens with one attached hydrogen (secondary N) is 3. The van der Waals surface area contributed by atoms with Crippen LogP contribution in [-0.2, 0) is 100 Å². The summed E-state index contributed by atoms with van der Waals surface area (Å²) in [6, 6.07) is 1.92. The molecule has 6 heterocycles. The third-order valence-corrected chi connectivity index (χ3v) is 16.1. The fourth-order valence-corrected chi connectivity index (χ4v) is 9.31. The molecule has 2 aromatic heterocycles. The van der Waals surface area contributed by atoms with Crippen LogP contribution in [0.4, 0.5) is 19.2 Å². The molecule has 6 rings (SSSR count). The number of nitrogens with zero attached hydrogens (tertiary/aromatic N) is 10. The third kappa shape index (κ3) is 38.0. The standard InChI is InChI=1S/C11H18N2O3.C11H19NO6.C10H13N3O2.C9H17NO4.C8H11N3.C8H13NO3.C7H12N2O2.C4H9NO2.8CH4/c1-11(2)9(14)8(6-12(3)4)7-13(11)10(15)16-5;1-11(2,9(14)17-4)12(10(15)18-5)7-6-8(13)16-3;1-10(2)8-7(4-11-6-12-8)5-13(10)9(14)15-3;1-9(2,8(12)14-4)10-6-5-7(11)13-3;1-8(2)7-6(4-11-8)3-9-5-10-7;1-8(2)6(10)4-5-9(8)7(11)12-3;1-7(2,6(10)11)9-5-3-4-8;1-4(2,5)3(6)7;;;;;;;;/h6H,7H2,1-5H3;6-7H2,1-5H3;4,6H,5H2,1-3H3;10H,5-6H2,1-4H3;3,5,11H,4H2,1-2H3;4-5H2,1-3H3;9H,3,5H2,1-2H3,(H,10,11);5H2,1-2H3,(H,6,7);8*1H4/b8-6+;;;;;;;;;;;;;;;. The normalized spacial score (nSPS) is 14.4. The molecule has 36 nitrogen and oxygen atoms in total. The monoisotopic (exact) mass is 1610 g/mol. The molecule has 0 unspecified atom stereocenters. The van der Waals surface area contributed by atoms with Gasteiger partial charge in [-0.2, -0.15) is 5.26 Å². The van der Waals surface area contributed by atoms with Crippen molar-refractivity contribution < 1.29 is 106 Å². The van der Waals surface area contributed by atoms with Gasteiger partial charge in [0.1, 0.15) is 40.3 Å². The summed E-state index contributed by atoms with van der Waals surface area (Å²) in [4.78, 5) is 158. The van der Waals surface area contributed by atoms with Crippen LogP contribution in [0.5, 0.6) is 0 Å². The highest BCUT2D eigenvalue weighted by atomic mass is 16.6. The van der Waals surface area contributed by atoms with Gasteiger partial charge in [0.25, 0.3) is 0 Å². The van der Waals surface area contributed by atoms with Crippen molar-refractivity contribution in [1.29, 1.82) is 5.26 Å². The number of Topliss-reactive ketones (excluding diaryl/α,β-unsaturated/α-hetero) is 2. The summed E-state index contributed by atoms with van der Waals surface area (Å²) in [5.41, 5.74) is 4.00. The van der Waals surface area contributed by atoms with E-state index in [1.54, 1.807) is 83.9 Å². The summed E-state index contributed by atoms with van der Waals surface area (Å²) < 4.78 is 36.7. The lowest BCUT2D eigenvalue weighted by atomic mass is 9.99. The average molecular weight is 1610 g/mol. The van der Waals surface area contributed by atoms with Gasteiger partial charge in [0.05, 0.1) is 117 Å². The van der Waals surface area contributed by atoms with Crippen molar-refractivity contribution in [2.45, 2.75) is 253 Å². The van der Waals surface area contributed by atoms with E-state index in [1.807, 2.05) is 40.2 Å². The van der Waals surface area contributed by atoms with Crippen LogP contribution in [0.3, 0.4) is 0 Å². The van der Waals surface area contributed by atoms with E-state index in [0.29, 0.717) is 51.1 Å². The summed E-state index contributed by atoms with van der Waals surface area (Å²) in [7, 11) is 14.0. The average Bonchev–Trinajstić information content (AvgIpc) is 1.60. The lowest BCUT2D eigenvalue weighted by molar-refractivity contribution is -0.153. The number of carboxylic acids is 2. The molecule has 2 saturated heterocycles. The predicted octanol–water partition coefficient (Wildman–Crippen LogP) is 9.69. The van der Waals surface area contributed by atoms with Gasteiger partial charge in [-0.1, -0.05) is 59.4 Å². The first-order chi connectivity index (χ1) is 47.8. The molecule has 4 aliphatic heterocycles. The maximum absolute atomic E-state index is 12.0. The minimum Gasteiger partial charge on any atom is -0.480 e. The van der Waals surface area contributed by atoms with Crippen molar-refractivity contribution in [3.63, 3.8) is 0 Å². The number of methoxy groups -OCH3 is 8. The SMILES string of the molecule is C.C.C.C.C.C.C.C.CC(C)(N)C(=O)O.CC(C)(NCCC#N)C(=O)O.CC1(C)NCc2cncnc21.COC(=O)CCN(C(=O)OC)C(C)(C)C(=O)OC.COC(=O)CCNC(C)(C)C(=O)OC.COC(=O)N1C/C(=C\N(C)C)C(=O)C1(C)C.COC(=O)N1CCC(=O)C1(C)C.COC(=O)N1Cc2cncnc2C1(C)C. The van der Waals surface area contributed by atoms with E-state index in [2.05, 4.69) is 82.9 Å². The fourth-order valence-electron chi connectivity index (χ4n) is 9.31. The van der Waals surface area contributed by atoms with E-state index < -0.39 is 80.9 Å². The van der Waals surface area contributed by atoms with Crippen LogP contribution in [0.15, 0.2) is 36.8 Å². The molecule has 36 heteroatoms. The Morgan fingerprint density at radius 1 is 0.580 bits per heavy atom. The topological polar surface area (TPSA) is 473 Å². The van der Waals surface area contributed by atoms with Gasteiger partial charge in [-0.15, -0.1) is 0 Å². The molecule has 0 radical (unpaired) electrons.